The van der Waals surface area contributed by atoms with Crippen molar-refractivity contribution < 1.29 is 22.6 Å². The maximum Gasteiger partial charge on any atom is 0.247 e. The van der Waals surface area contributed by atoms with Gasteiger partial charge in [-0.15, -0.1) is 0 Å². The molecular weight excluding hydrogens is 454 g/mol. The molecule has 168 valence electrons. The summed E-state index contributed by atoms with van der Waals surface area (Å²) in [5.41, 5.74) is 2.60. The molecule has 0 amide bonds. The number of hydrogen-bond acceptors (Lipinski definition) is 7. The molecule has 0 saturated heterocycles. The summed E-state index contributed by atoms with van der Waals surface area (Å²) in [6.45, 7) is 0. The van der Waals surface area contributed by atoms with Crippen LogP contribution < -0.4 is 14.2 Å². The Kier molecular flexibility index (Phi) is 5.87. The molecule has 1 aromatic heterocycles. The van der Waals surface area contributed by atoms with Crippen molar-refractivity contribution in [2.75, 3.05) is 27.6 Å². The van der Waals surface area contributed by atoms with E-state index in [1.807, 2.05) is 18.2 Å². The van der Waals surface area contributed by atoms with Crippen LogP contribution >= 0.6 is 11.6 Å². The Morgan fingerprint density at radius 3 is 2.25 bits per heavy atom. The number of benzene rings is 2. The van der Waals surface area contributed by atoms with Gasteiger partial charge in [-0.25, -0.2) is 13.4 Å². The summed E-state index contributed by atoms with van der Waals surface area (Å²) in [7, 11) is 1.02. The van der Waals surface area contributed by atoms with Gasteiger partial charge in [-0.05, 0) is 42.0 Å². The Bertz CT molecular complexity index is 1310. The number of fused-ring (bicyclic) bond motifs is 1. The molecule has 3 aromatic rings. The van der Waals surface area contributed by atoms with E-state index >= 15 is 0 Å². The molecule has 1 aliphatic rings. The van der Waals surface area contributed by atoms with E-state index < -0.39 is 16.1 Å². The fourth-order valence-electron chi connectivity index (χ4n) is 3.71. The smallest absolute Gasteiger partial charge is 0.247 e. The standard InChI is InChI=1S/C22H22ClN3O5S/c1-29-15-7-5-13(6-8-15)18-11-19(26(25-18)32(4,27)28)16-9-14-10-20(30-2)21(31-3)12-17(14)24-22(16)23/h5-10,12,19H,11H2,1-4H3. The van der Waals surface area contributed by atoms with Crippen LogP contribution in [0.4, 0.5) is 0 Å². The van der Waals surface area contributed by atoms with Crippen LogP contribution in [0.25, 0.3) is 10.9 Å². The summed E-state index contributed by atoms with van der Waals surface area (Å²) in [5, 5.41) is 5.36. The van der Waals surface area contributed by atoms with Crippen molar-refractivity contribution in [3.63, 3.8) is 0 Å². The number of halogens is 1. The Balaban J connectivity index is 1.79. The highest BCUT2D eigenvalue weighted by Gasteiger charge is 2.36. The summed E-state index contributed by atoms with van der Waals surface area (Å²) in [6.07, 6.45) is 1.47. The van der Waals surface area contributed by atoms with Crippen LogP contribution in [0.5, 0.6) is 17.2 Å². The zero-order valence-corrected chi connectivity index (χ0v) is 19.6. The number of methoxy groups -OCH3 is 3. The van der Waals surface area contributed by atoms with Crippen LogP contribution in [0.1, 0.15) is 23.6 Å². The third-order valence-electron chi connectivity index (χ3n) is 5.30. The lowest BCUT2D eigenvalue weighted by molar-refractivity contribution is 0.355. The van der Waals surface area contributed by atoms with Gasteiger partial charge in [-0.2, -0.15) is 9.52 Å². The van der Waals surface area contributed by atoms with Crippen molar-refractivity contribution in [3.05, 3.63) is 58.7 Å². The summed E-state index contributed by atoms with van der Waals surface area (Å²) in [6, 6.07) is 12.0. The average molecular weight is 476 g/mol. The van der Waals surface area contributed by atoms with Gasteiger partial charge in [0.25, 0.3) is 0 Å². The third-order valence-corrected chi connectivity index (χ3v) is 6.61. The van der Waals surface area contributed by atoms with E-state index in [1.165, 1.54) is 0 Å². The summed E-state index contributed by atoms with van der Waals surface area (Å²) < 4.78 is 42.1. The molecule has 32 heavy (non-hydrogen) atoms. The van der Waals surface area contributed by atoms with Gasteiger partial charge in [-0.3, -0.25) is 0 Å². The molecule has 10 heteroatoms. The minimum Gasteiger partial charge on any atom is -0.497 e. The first-order valence-electron chi connectivity index (χ1n) is 9.68. The van der Waals surface area contributed by atoms with Gasteiger partial charge < -0.3 is 14.2 Å². The molecule has 2 aromatic carbocycles. The lowest BCUT2D eigenvalue weighted by Crippen LogP contribution is -2.26. The van der Waals surface area contributed by atoms with Crippen molar-refractivity contribution >= 4 is 38.2 Å². The van der Waals surface area contributed by atoms with Crippen molar-refractivity contribution in [1.29, 1.82) is 0 Å². The Morgan fingerprint density at radius 2 is 1.66 bits per heavy atom. The topological polar surface area (TPSA) is 90.3 Å². The molecule has 0 N–H and O–H groups in total. The van der Waals surface area contributed by atoms with Crippen molar-refractivity contribution in [2.24, 2.45) is 5.10 Å². The molecular formula is C22H22ClN3O5S. The van der Waals surface area contributed by atoms with E-state index in [-0.39, 0.29) is 5.15 Å². The highest BCUT2D eigenvalue weighted by Crippen LogP contribution is 2.40. The number of ether oxygens (including phenoxy) is 3. The van der Waals surface area contributed by atoms with Gasteiger partial charge in [0.05, 0.1) is 44.9 Å². The van der Waals surface area contributed by atoms with Crippen LogP contribution in [0.15, 0.2) is 47.6 Å². The monoisotopic (exact) mass is 475 g/mol. The number of sulfonamides is 1. The molecule has 0 saturated carbocycles. The van der Waals surface area contributed by atoms with Gasteiger partial charge in [0.15, 0.2) is 11.5 Å². The predicted molar refractivity (Wildman–Crippen MR) is 123 cm³/mol. The number of rotatable bonds is 6. The molecule has 0 radical (unpaired) electrons. The molecule has 0 fully saturated rings. The molecule has 0 aliphatic carbocycles. The first-order valence-corrected chi connectivity index (χ1v) is 11.9. The maximum atomic E-state index is 12.6. The largest absolute Gasteiger partial charge is 0.497 e. The lowest BCUT2D eigenvalue weighted by Gasteiger charge is -2.22. The second-order valence-corrected chi connectivity index (χ2v) is 9.50. The SMILES string of the molecule is COc1ccc(C2=NN(S(C)(=O)=O)C(c3cc4cc(OC)c(OC)cc4nc3Cl)C2)cc1. The third kappa shape index (κ3) is 4.05. The normalized spacial score (nSPS) is 16.2. The Labute approximate surface area is 191 Å². The van der Waals surface area contributed by atoms with Crippen molar-refractivity contribution in [1.82, 2.24) is 9.40 Å². The van der Waals surface area contributed by atoms with Crippen LogP contribution in [-0.4, -0.2) is 51.1 Å². The van der Waals surface area contributed by atoms with Gasteiger partial charge >= 0.3 is 0 Å². The second kappa shape index (κ2) is 8.48. The minimum atomic E-state index is -3.66. The van der Waals surface area contributed by atoms with Crippen molar-refractivity contribution in [2.45, 2.75) is 12.5 Å². The number of pyridine rings is 1. The van der Waals surface area contributed by atoms with E-state index in [0.717, 1.165) is 21.6 Å². The summed E-state index contributed by atoms with van der Waals surface area (Å²) in [4.78, 5) is 4.48. The van der Waals surface area contributed by atoms with E-state index in [4.69, 9.17) is 25.8 Å². The number of nitrogens with zero attached hydrogens (tertiary/aromatic N) is 3. The highest BCUT2D eigenvalue weighted by molar-refractivity contribution is 7.88. The van der Waals surface area contributed by atoms with Crippen LogP contribution in [0.3, 0.4) is 0 Å². The quantitative estimate of drug-likeness (QED) is 0.500. The van der Waals surface area contributed by atoms with E-state index in [1.54, 1.807) is 45.6 Å². The van der Waals surface area contributed by atoms with Gasteiger partial charge in [-0.1, -0.05) is 11.6 Å². The highest BCUT2D eigenvalue weighted by atomic mass is 35.5. The summed E-state index contributed by atoms with van der Waals surface area (Å²) in [5.74, 6) is 1.77. The Morgan fingerprint density at radius 1 is 1.00 bits per heavy atom. The fourth-order valence-corrected chi connectivity index (χ4v) is 4.88. The fraction of sp³-hybridized carbons (Fsp3) is 0.273. The zero-order chi connectivity index (χ0) is 23.0. The van der Waals surface area contributed by atoms with Crippen LogP contribution in [-0.2, 0) is 10.0 Å². The van der Waals surface area contributed by atoms with E-state index in [2.05, 4.69) is 10.1 Å². The summed E-state index contributed by atoms with van der Waals surface area (Å²) >= 11 is 6.53. The predicted octanol–water partition coefficient (Wildman–Crippen LogP) is 4.02. The first kappa shape index (κ1) is 22.2. The van der Waals surface area contributed by atoms with Crippen LogP contribution in [0.2, 0.25) is 5.15 Å². The number of hydrazone groups is 1. The van der Waals surface area contributed by atoms with Gasteiger partial charge in [0, 0.05) is 23.4 Å². The molecule has 1 atom stereocenters. The zero-order valence-electron chi connectivity index (χ0n) is 18.0. The van der Waals surface area contributed by atoms with Crippen molar-refractivity contribution in [3.8, 4) is 17.2 Å². The second-order valence-electron chi connectivity index (χ2n) is 7.30. The minimum absolute atomic E-state index is 0.203. The van der Waals surface area contributed by atoms with E-state index in [0.29, 0.717) is 40.5 Å². The molecule has 2 heterocycles. The van der Waals surface area contributed by atoms with Gasteiger partial charge in [0.2, 0.25) is 10.0 Å². The molecule has 4 rings (SSSR count). The number of aromatic nitrogens is 1. The van der Waals surface area contributed by atoms with Gasteiger partial charge in [0.1, 0.15) is 10.9 Å². The van der Waals surface area contributed by atoms with E-state index in [9.17, 15) is 8.42 Å². The average Bonchev–Trinajstić information content (AvgIpc) is 3.23. The molecule has 0 bridgehead atoms. The maximum absolute atomic E-state index is 12.6. The molecule has 1 aliphatic heterocycles. The molecule has 0 spiro atoms. The number of hydrogen-bond donors (Lipinski definition) is 0. The molecule has 1 unspecified atom stereocenters. The first-order chi connectivity index (χ1) is 15.2. The lowest BCUT2D eigenvalue weighted by atomic mass is 9.99. The van der Waals surface area contributed by atoms with Crippen LogP contribution in [0, 0.1) is 0 Å². The Hall–Kier alpha value is -3.04. The molecule has 8 nitrogen and oxygen atoms in total.